The van der Waals surface area contributed by atoms with Gasteiger partial charge in [-0.05, 0) is 27.2 Å². The van der Waals surface area contributed by atoms with E-state index in [0.717, 1.165) is 0 Å². The topological polar surface area (TPSA) is 41.6 Å². The van der Waals surface area contributed by atoms with Gasteiger partial charge in [0.1, 0.15) is 5.60 Å². The Hall–Kier alpha value is -0.980. The normalized spacial score (nSPS) is 22.0. The van der Waals surface area contributed by atoms with Gasteiger partial charge in [0, 0.05) is 19.1 Å². The third-order valence-corrected chi connectivity index (χ3v) is 2.40. The molecule has 0 aliphatic carbocycles. The Morgan fingerprint density at radius 3 is 2.50 bits per heavy atom. The lowest BCUT2D eigenvalue weighted by Crippen LogP contribution is -2.41. The summed E-state index contributed by atoms with van der Waals surface area (Å²) in [6, 6.07) is -0.276. The highest BCUT2D eigenvalue weighted by Crippen LogP contribution is 2.20. The predicted octanol–water partition coefficient (Wildman–Crippen LogP) is 2.15. The molecule has 0 saturated carbocycles. The molecule has 1 unspecified atom stereocenters. The molecular weight excluding hydrogens is 249 g/mol. The summed E-state index contributed by atoms with van der Waals surface area (Å²) in [6.07, 6.45) is -4.27. The molecule has 1 N–H and O–H groups in total. The first-order valence-corrected chi connectivity index (χ1v) is 5.84. The second kappa shape index (κ2) is 5.34. The Labute approximate surface area is 104 Å². The monoisotopic (exact) mass is 268 g/mol. The van der Waals surface area contributed by atoms with Crippen molar-refractivity contribution in [2.45, 2.75) is 45.0 Å². The van der Waals surface area contributed by atoms with Crippen LogP contribution in [0.4, 0.5) is 18.0 Å². The Balaban J connectivity index is 2.32. The summed E-state index contributed by atoms with van der Waals surface area (Å²) in [5.74, 6) is 0. The van der Waals surface area contributed by atoms with Crippen LogP contribution in [0.2, 0.25) is 0 Å². The van der Waals surface area contributed by atoms with Gasteiger partial charge in [-0.3, -0.25) is 4.90 Å². The number of halogens is 3. The number of rotatable bonds is 2. The van der Waals surface area contributed by atoms with Crippen LogP contribution in [0.25, 0.3) is 0 Å². The number of alkyl carbamates (subject to hydrolysis) is 1. The fraction of sp³-hybridized carbons (Fsp3) is 0.909. The van der Waals surface area contributed by atoms with E-state index >= 15 is 0 Å². The fourth-order valence-corrected chi connectivity index (χ4v) is 1.82. The zero-order valence-corrected chi connectivity index (χ0v) is 10.8. The summed E-state index contributed by atoms with van der Waals surface area (Å²) in [5.41, 5.74) is -0.603. The third kappa shape index (κ3) is 6.09. The number of carbonyl (C=O) groups is 1. The molecule has 1 rings (SSSR count). The molecule has 1 amide bonds. The molecule has 1 saturated heterocycles. The average molecular weight is 268 g/mol. The molecule has 1 aliphatic heterocycles. The maximum Gasteiger partial charge on any atom is 0.407 e. The van der Waals surface area contributed by atoms with E-state index in [9.17, 15) is 18.0 Å². The molecule has 0 aromatic carbocycles. The number of hydrogen-bond acceptors (Lipinski definition) is 3. The van der Waals surface area contributed by atoms with Gasteiger partial charge in [-0.1, -0.05) is 0 Å². The molecule has 4 nitrogen and oxygen atoms in total. The first-order chi connectivity index (χ1) is 8.05. The van der Waals surface area contributed by atoms with Crippen molar-refractivity contribution in [1.82, 2.24) is 10.2 Å². The van der Waals surface area contributed by atoms with Crippen LogP contribution in [0.15, 0.2) is 0 Å². The second-order valence-electron chi connectivity index (χ2n) is 5.48. The molecule has 1 atom stereocenters. The van der Waals surface area contributed by atoms with E-state index in [0.29, 0.717) is 13.0 Å². The highest BCUT2D eigenvalue weighted by molar-refractivity contribution is 5.68. The molecule has 0 aromatic heterocycles. The number of nitrogens with one attached hydrogen (secondary N) is 1. The summed E-state index contributed by atoms with van der Waals surface area (Å²) < 4.78 is 41.5. The maximum atomic E-state index is 12.2. The van der Waals surface area contributed by atoms with Gasteiger partial charge in [0.15, 0.2) is 0 Å². The molecule has 106 valence electrons. The summed E-state index contributed by atoms with van der Waals surface area (Å²) in [7, 11) is 0. The van der Waals surface area contributed by atoms with Crippen LogP contribution >= 0.6 is 0 Å². The summed E-state index contributed by atoms with van der Waals surface area (Å²) in [5, 5.41) is 2.58. The zero-order chi connectivity index (χ0) is 14.0. The molecule has 18 heavy (non-hydrogen) atoms. The predicted molar refractivity (Wildman–Crippen MR) is 60.3 cm³/mol. The van der Waals surface area contributed by atoms with E-state index in [-0.39, 0.29) is 12.6 Å². The van der Waals surface area contributed by atoms with Gasteiger partial charge in [0.05, 0.1) is 6.54 Å². The molecule has 1 heterocycles. The molecule has 1 fully saturated rings. The highest BCUT2D eigenvalue weighted by Gasteiger charge is 2.35. The van der Waals surface area contributed by atoms with Crippen LogP contribution in [0.3, 0.4) is 0 Å². The van der Waals surface area contributed by atoms with Gasteiger partial charge in [0.25, 0.3) is 0 Å². The van der Waals surface area contributed by atoms with Gasteiger partial charge >= 0.3 is 12.3 Å². The average Bonchev–Trinajstić information content (AvgIpc) is 2.44. The zero-order valence-electron chi connectivity index (χ0n) is 10.8. The fourth-order valence-electron chi connectivity index (χ4n) is 1.82. The highest BCUT2D eigenvalue weighted by atomic mass is 19.4. The summed E-state index contributed by atoms with van der Waals surface area (Å²) in [6.45, 7) is 4.81. The lowest BCUT2D eigenvalue weighted by Gasteiger charge is -2.22. The Bertz CT molecular complexity index is 300. The second-order valence-corrected chi connectivity index (χ2v) is 5.48. The minimum absolute atomic E-state index is 0.207. The number of amides is 1. The molecule has 1 aliphatic rings. The minimum atomic E-state index is -4.19. The van der Waals surface area contributed by atoms with E-state index in [2.05, 4.69) is 5.32 Å². The number of nitrogens with zero attached hydrogens (tertiary/aromatic N) is 1. The lowest BCUT2D eigenvalue weighted by molar-refractivity contribution is -0.143. The molecule has 0 bridgehead atoms. The van der Waals surface area contributed by atoms with Crippen LogP contribution in [-0.4, -0.2) is 48.4 Å². The molecule has 0 aromatic rings. The first-order valence-electron chi connectivity index (χ1n) is 5.84. The Morgan fingerprint density at radius 2 is 2.00 bits per heavy atom. The maximum absolute atomic E-state index is 12.2. The molecule has 0 radical (unpaired) electrons. The quantitative estimate of drug-likeness (QED) is 0.834. The number of ether oxygens (including phenoxy) is 1. The van der Waals surface area contributed by atoms with E-state index in [4.69, 9.17) is 4.74 Å². The molecular formula is C11H19F3N2O2. The van der Waals surface area contributed by atoms with Crippen molar-refractivity contribution in [2.75, 3.05) is 19.6 Å². The van der Waals surface area contributed by atoms with Crippen molar-refractivity contribution in [2.24, 2.45) is 0 Å². The summed E-state index contributed by atoms with van der Waals surface area (Å²) >= 11 is 0. The van der Waals surface area contributed by atoms with Crippen molar-refractivity contribution in [3.8, 4) is 0 Å². The van der Waals surface area contributed by atoms with Crippen LogP contribution < -0.4 is 5.32 Å². The minimum Gasteiger partial charge on any atom is -0.444 e. The van der Waals surface area contributed by atoms with Crippen LogP contribution in [0, 0.1) is 0 Å². The molecule has 7 heteroatoms. The van der Waals surface area contributed by atoms with Crippen molar-refractivity contribution < 1.29 is 22.7 Å². The van der Waals surface area contributed by atoms with Gasteiger partial charge < -0.3 is 10.1 Å². The van der Waals surface area contributed by atoms with Crippen molar-refractivity contribution in [1.29, 1.82) is 0 Å². The lowest BCUT2D eigenvalue weighted by atomic mass is 10.2. The van der Waals surface area contributed by atoms with E-state index < -0.39 is 24.4 Å². The third-order valence-electron chi connectivity index (χ3n) is 2.40. The van der Waals surface area contributed by atoms with Gasteiger partial charge in [-0.25, -0.2) is 4.79 Å². The molecule has 0 spiro atoms. The van der Waals surface area contributed by atoms with Crippen molar-refractivity contribution in [3.05, 3.63) is 0 Å². The van der Waals surface area contributed by atoms with Gasteiger partial charge in [-0.15, -0.1) is 0 Å². The van der Waals surface area contributed by atoms with Crippen LogP contribution in [0.5, 0.6) is 0 Å². The SMILES string of the molecule is CC(C)(C)OC(=O)NC1CCN(CC(F)(F)F)C1. The number of alkyl halides is 3. The van der Waals surface area contributed by atoms with Crippen LogP contribution in [-0.2, 0) is 4.74 Å². The Morgan fingerprint density at radius 1 is 1.39 bits per heavy atom. The standard InChI is InChI=1S/C11H19F3N2O2/c1-10(2,3)18-9(17)15-8-4-5-16(6-8)7-11(12,13)14/h8H,4-7H2,1-3H3,(H,15,17). The Kier molecular flexibility index (Phi) is 4.47. The van der Waals surface area contributed by atoms with E-state index in [1.165, 1.54) is 4.90 Å². The first kappa shape index (κ1) is 15.1. The number of carbonyl (C=O) groups excluding carboxylic acids is 1. The van der Waals surface area contributed by atoms with E-state index in [1.807, 2.05) is 0 Å². The largest absolute Gasteiger partial charge is 0.444 e. The van der Waals surface area contributed by atoms with Crippen molar-refractivity contribution in [3.63, 3.8) is 0 Å². The summed E-state index contributed by atoms with van der Waals surface area (Å²) in [4.78, 5) is 12.7. The van der Waals surface area contributed by atoms with Crippen LogP contribution in [0.1, 0.15) is 27.2 Å². The smallest absolute Gasteiger partial charge is 0.407 e. The van der Waals surface area contributed by atoms with Crippen molar-refractivity contribution >= 4 is 6.09 Å². The van der Waals surface area contributed by atoms with E-state index in [1.54, 1.807) is 20.8 Å². The number of hydrogen-bond donors (Lipinski definition) is 1. The van der Waals surface area contributed by atoms with Gasteiger partial charge in [0.2, 0.25) is 0 Å². The number of likely N-dealkylation sites (tertiary alicyclic amines) is 1. The van der Waals surface area contributed by atoms with Gasteiger partial charge in [-0.2, -0.15) is 13.2 Å².